The highest BCUT2D eigenvalue weighted by Crippen LogP contribution is 2.30. The van der Waals surface area contributed by atoms with E-state index in [9.17, 15) is 4.79 Å². The topological polar surface area (TPSA) is 80.0 Å². The quantitative estimate of drug-likeness (QED) is 0.851. The van der Waals surface area contributed by atoms with E-state index in [1.54, 1.807) is 6.92 Å². The Morgan fingerprint density at radius 1 is 1.33 bits per heavy atom. The Morgan fingerprint density at radius 2 is 2.06 bits per heavy atom. The molecule has 0 radical (unpaired) electrons. The first kappa shape index (κ1) is 13.0. The van der Waals surface area contributed by atoms with Gasteiger partial charge in [-0.25, -0.2) is 0 Å². The molecule has 0 aromatic carbocycles. The molecule has 1 aromatic rings. The van der Waals surface area contributed by atoms with Gasteiger partial charge in [0.1, 0.15) is 0 Å². The minimum absolute atomic E-state index is 0.0720. The second kappa shape index (κ2) is 5.48. The maximum Gasteiger partial charge on any atom is 0.322 e. The lowest BCUT2D eigenvalue weighted by Crippen LogP contribution is -2.47. The molecular formula is C12H20N4O2. The number of aromatic nitrogens is 2. The second-order valence-electron chi connectivity index (χ2n) is 4.94. The third kappa shape index (κ3) is 3.07. The zero-order valence-corrected chi connectivity index (χ0v) is 11.0. The predicted octanol–water partition coefficient (Wildman–Crippen LogP) is 1.63. The molecule has 0 unspecified atom stereocenters. The number of amides is 1. The number of aryl methyl sites for hydroxylation is 1. The highest BCUT2D eigenvalue weighted by atomic mass is 16.4. The zero-order chi connectivity index (χ0) is 13.0. The smallest absolute Gasteiger partial charge is 0.322 e. The normalized spacial score (nSPS) is 18.6. The fourth-order valence-electron chi connectivity index (χ4n) is 2.56. The van der Waals surface area contributed by atoms with Crippen LogP contribution in [-0.2, 0) is 4.79 Å². The number of hydrogen-bond donors (Lipinski definition) is 2. The molecule has 0 spiro atoms. The largest absolute Gasteiger partial charge is 0.408 e. The summed E-state index contributed by atoms with van der Waals surface area (Å²) >= 11 is 0. The van der Waals surface area contributed by atoms with Gasteiger partial charge < -0.3 is 9.73 Å². The first-order chi connectivity index (χ1) is 8.63. The lowest BCUT2D eigenvalue weighted by molar-refractivity contribution is -0.118. The molecule has 0 aliphatic heterocycles. The summed E-state index contributed by atoms with van der Waals surface area (Å²) in [5.74, 6) is 0.376. The summed E-state index contributed by atoms with van der Waals surface area (Å²) in [5.41, 5.74) is -0.0720. The number of nitrogens with zero attached hydrogens (tertiary/aromatic N) is 2. The van der Waals surface area contributed by atoms with Crippen LogP contribution >= 0.6 is 0 Å². The molecule has 0 atom stereocenters. The van der Waals surface area contributed by atoms with Gasteiger partial charge in [-0.3, -0.25) is 10.1 Å². The monoisotopic (exact) mass is 252 g/mol. The Labute approximate surface area is 107 Å². The lowest BCUT2D eigenvalue weighted by Gasteiger charge is -2.36. The van der Waals surface area contributed by atoms with Crippen LogP contribution in [0.15, 0.2) is 4.42 Å². The van der Waals surface area contributed by atoms with Crippen LogP contribution in [0.25, 0.3) is 0 Å². The molecule has 1 aliphatic rings. The number of carbonyl (C=O) groups is 1. The SMILES string of the molecule is CNC1(CC(=O)Nc2nnc(C)o2)CCCCC1. The predicted molar refractivity (Wildman–Crippen MR) is 67.2 cm³/mol. The number of carbonyl (C=O) groups excluding carboxylic acids is 1. The van der Waals surface area contributed by atoms with Crippen molar-refractivity contribution >= 4 is 11.9 Å². The standard InChI is InChI=1S/C12H20N4O2/c1-9-15-16-11(18-9)14-10(17)8-12(13-2)6-4-3-5-7-12/h13H,3-8H2,1-2H3,(H,14,16,17). The van der Waals surface area contributed by atoms with Crippen LogP contribution in [0.1, 0.15) is 44.4 Å². The highest BCUT2D eigenvalue weighted by Gasteiger charge is 2.32. The van der Waals surface area contributed by atoms with E-state index >= 15 is 0 Å². The van der Waals surface area contributed by atoms with Crippen molar-refractivity contribution in [2.45, 2.75) is 51.0 Å². The van der Waals surface area contributed by atoms with Crippen LogP contribution in [0.2, 0.25) is 0 Å². The van der Waals surface area contributed by atoms with E-state index in [1.165, 1.54) is 19.3 Å². The number of nitrogens with one attached hydrogen (secondary N) is 2. The van der Waals surface area contributed by atoms with Crippen LogP contribution in [0, 0.1) is 6.92 Å². The van der Waals surface area contributed by atoms with Gasteiger partial charge in [0.15, 0.2) is 0 Å². The number of rotatable bonds is 4. The molecular weight excluding hydrogens is 232 g/mol. The molecule has 1 saturated carbocycles. The van der Waals surface area contributed by atoms with Crippen molar-refractivity contribution in [2.75, 3.05) is 12.4 Å². The van der Waals surface area contributed by atoms with Gasteiger partial charge in [0, 0.05) is 18.9 Å². The van der Waals surface area contributed by atoms with Crippen LogP contribution in [0.4, 0.5) is 6.01 Å². The van der Waals surface area contributed by atoms with E-state index in [1.807, 2.05) is 7.05 Å². The molecule has 0 bridgehead atoms. The van der Waals surface area contributed by atoms with Crippen molar-refractivity contribution in [3.63, 3.8) is 0 Å². The molecule has 1 amide bonds. The lowest BCUT2D eigenvalue weighted by atomic mass is 9.79. The van der Waals surface area contributed by atoms with E-state index in [-0.39, 0.29) is 17.5 Å². The van der Waals surface area contributed by atoms with Crippen LogP contribution < -0.4 is 10.6 Å². The minimum Gasteiger partial charge on any atom is -0.408 e. The molecule has 6 nitrogen and oxygen atoms in total. The van der Waals surface area contributed by atoms with Gasteiger partial charge in [-0.2, -0.15) is 0 Å². The first-order valence-electron chi connectivity index (χ1n) is 6.42. The molecule has 1 fully saturated rings. The van der Waals surface area contributed by atoms with Crippen molar-refractivity contribution in [3.05, 3.63) is 5.89 Å². The molecule has 1 aliphatic carbocycles. The van der Waals surface area contributed by atoms with Crippen LogP contribution in [-0.4, -0.2) is 28.7 Å². The highest BCUT2D eigenvalue weighted by molar-refractivity contribution is 5.89. The molecule has 6 heteroatoms. The van der Waals surface area contributed by atoms with Crippen molar-refractivity contribution in [3.8, 4) is 0 Å². The molecule has 0 saturated heterocycles. The Morgan fingerprint density at radius 3 is 2.61 bits per heavy atom. The summed E-state index contributed by atoms with van der Waals surface area (Å²) in [5, 5.41) is 13.4. The summed E-state index contributed by atoms with van der Waals surface area (Å²) < 4.78 is 5.14. The Hall–Kier alpha value is -1.43. The summed E-state index contributed by atoms with van der Waals surface area (Å²) in [6.45, 7) is 1.69. The summed E-state index contributed by atoms with van der Waals surface area (Å²) in [4.78, 5) is 12.0. The van der Waals surface area contributed by atoms with Gasteiger partial charge in [-0.05, 0) is 19.9 Å². The molecule has 2 N–H and O–H groups in total. The zero-order valence-electron chi connectivity index (χ0n) is 11.0. The third-order valence-electron chi connectivity index (χ3n) is 3.61. The van der Waals surface area contributed by atoms with Gasteiger partial charge in [0.05, 0.1) is 0 Å². The third-order valence-corrected chi connectivity index (χ3v) is 3.61. The summed E-state index contributed by atoms with van der Waals surface area (Å²) in [6.07, 6.45) is 6.14. The van der Waals surface area contributed by atoms with Gasteiger partial charge in [0.25, 0.3) is 0 Å². The average Bonchev–Trinajstić information content (AvgIpc) is 2.75. The molecule has 1 aromatic heterocycles. The Bertz CT molecular complexity index is 410. The molecule has 2 rings (SSSR count). The molecule has 100 valence electrons. The van der Waals surface area contributed by atoms with E-state index < -0.39 is 0 Å². The Kier molecular flexibility index (Phi) is 3.96. The van der Waals surface area contributed by atoms with E-state index in [4.69, 9.17) is 4.42 Å². The van der Waals surface area contributed by atoms with Crippen molar-refractivity contribution in [1.29, 1.82) is 0 Å². The van der Waals surface area contributed by atoms with Crippen molar-refractivity contribution < 1.29 is 9.21 Å². The Balaban J connectivity index is 1.93. The molecule has 1 heterocycles. The maximum atomic E-state index is 12.0. The van der Waals surface area contributed by atoms with E-state index in [0.717, 1.165) is 12.8 Å². The summed E-state index contributed by atoms with van der Waals surface area (Å²) in [7, 11) is 1.93. The minimum atomic E-state index is -0.0742. The van der Waals surface area contributed by atoms with Crippen LogP contribution in [0.3, 0.4) is 0 Å². The van der Waals surface area contributed by atoms with Crippen LogP contribution in [0.5, 0.6) is 0 Å². The molecule has 18 heavy (non-hydrogen) atoms. The van der Waals surface area contributed by atoms with E-state index in [2.05, 4.69) is 20.8 Å². The second-order valence-corrected chi connectivity index (χ2v) is 4.94. The fourth-order valence-corrected chi connectivity index (χ4v) is 2.56. The number of hydrogen-bond acceptors (Lipinski definition) is 5. The van der Waals surface area contributed by atoms with Gasteiger partial charge in [-0.1, -0.05) is 24.4 Å². The average molecular weight is 252 g/mol. The van der Waals surface area contributed by atoms with Gasteiger partial charge in [-0.15, -0.1) is 5.10 Å². The van der Waals surface area contributed by atoms with Crippen molar-refractivity contribution in [1.82, 2.24) is 15.5 Å². The van der Waals surface area contributed by atoms with Gasteiger partial charge in [0.2, 0.25) is 11.8 Å². The summed E-state index contributed by atoms with van der Waals surface area (Å²) in [6, 6.07) is 0.180. The number of anilines is 1. The van der Waals surface area contributed by atoms with Crippen molar-refractivity contribution in [2.24, 2.45) is 0 Å². The fraction of sp³-hybridized carbons (Fsp3) is 0.750. The van der Waals surface area contributed by atoms with Gasteiger partial charge >= 0.3 is 6.01 Å². The van der Waals surface area contributed by atoms with E-state index in [0.29, 0.717) is 12.3 Å². The maximum absolute atomic E-state index is 12.0. The first-order valence-corrected chi connectivity index (χ1v) is 6.42.